The number of carbonyl (C=O) groups excluding carboxylic acids is 1. The van der Waals surface area contributed by atoms with Gasteiger partial charge < -0.3 is 9.90 Å². The minimum atomic E-state index is -1.08. The van der Waals surface area contributed by atoms with E-state index in [0.29, 0.717) is 0 Å². The second kappa shape index (κ2) is 8.58. The van der Waals surface area contributed by atoms with Crippen molar-refractivity contribution in [3.63, 3.8) is 0 Å². The van der Waals surface area contributed by atoms with Crippen LogP contribution in [-0.2, 0) is 35.8 Å². The summed E-state index contributed by atoms with van der Waals surface area (Å²) < 4.78 is 1.66. The summed E-state index contributed by atoms with van der Waals surface area (Å²) in [6.07, 6.45) is 7.87. The zero-order valence-electron chi connectivity index (χ0n) is 8.01. The first kappa shape index (κ1) is 15.5. The fourth-order valence-electron chi connectivity index (χ4n) is 0.701. The molecule has 1 radical (unpaired) electrons. The summed E-state index contributed by atoms with van der Waals surface area (Å²) in [5.41, 5.74) is 0. The Bertz CT molecular complexity index is 204. The summed E-state index contributed by atoms with van der Waals surface area (Å²) in [4.78, 5) is 8.89. The molecule has 13 heavy (non-hydrogen) atoms. The maximum atomic E-state index is 8.89. The average molecular weight is 264 g/mol. The van der Waals surface area contributed by atoms with Gasteiger partial charge in [0.05, 0.1) is 0 Å². The van der Waals surface area contributed by atoms with E-state index in [0.717, 1.165) is 6.92 Å². The van der Waals surface area contributed by atoms with Crippen LogP contribution in [0.4, 0.5) is 0 Å². The van der Waals surface area contributed by atoms with Crippen molar-refractivity contribution < 1.29 is 40.9 Å². The largest absolute Gasteiger partial charge is 2.00 e. The number of rotatable bonds is 1. The minimum Gasteiger partial charge on any atom is 2.00 e. The third-order valence-electron chi connectivity index (χ3n) is 1.21. The van der Waals surface area contributed by atoms with Gasteiger partial charge in [-0.25, -0.2) is 0 Å². The SMILES string of the molecule is CC(=O)[O-].[CH3][Mn-]([CH3])[C]1=CC=CC1.[Mn+2]. The van der Waals surface area contributed by atoms with Crippen molar-refractivity contribution >= 4 is 5.97 Å². The van der Waals surface area contributed by atoms with E-state index in [1.807, 2.05) is 0 Å². The summed E-state index contributed by atoms with van der Waals surface area (Å²) in [6.45, 7) is 0.972. The van der Waals surface area contributed by atoms with Gasteiger partial charge in [-0.1, -0.05) is 0 Å². The predicted molar refractivity (Wildman–Crippen MR) is 44.2 cm³/mol. The van der Waals surface area contributed by atoms with E-state index in [4.69, 9.17) is 9.90 Å². The van der Waals surface area contributed by atoms with E-state index in [-0.39, 0.29) is 31.0 Å². The molecule has 0 unspecified atom stereocenters. The first-order valence-corrected chi connectivity index (χ1v) is 6.52. The Morgan fingerprint density at radius 1 is 1.54 bits per heavy atom. The van der Waals surface area contributed by atoms with Gasteiger partial charge in [-0.05, 0) is 6.92 Å². The zero-order valence-corrected chi connectivity index (χ0v) is 10.4. The Labute approximate surface area is 94.5 Å². The molecule has 0 N–H and O–H groups in total. The van der Waals surface area contributed by atoms with Crippen LogP contribution in [-0.4, -0.2) is 5.97 Å². The first-order chi connectivity index (χ1) is 5.54. The third kappa shape index (κ3) is 9.91. The summed E-state index contributed by atoms with van der Waals surface area (Å²) in [5.74, 6) is 3.59. The summed E-state index contributed by atoms with van der Waals surface area (Å²) in [7, 11) is 0. The molecular weight excluding hydrogens is 250 g/mol. The molecule has 76 valence electrons. The standard InChI is InChI=1S/C5H5.C2H4O2.2CH3.2Mn/c1-2-4-5-3-1;1-2(3)4;;;;/h1-3H,4H2;1H3,(H,3,4);2*1H3;;/q;;;;-1;+2/p-1. The van der Waals surface area contributed by atoms with Crippen molar-refractivity contribution in [1.29, 1.82) is 0 Å². The van der Waals surface area contributed by atoms with Crippen LogP contribution in [0.5, 0.6) is 0 Å². The molecule has 0 aromatic rings. The van der Waals surface area contributed by atoms with Crippen molar-refractivity contribution in [2.45, 2.75) is 25.0 Å². The Balaban J connectivity index is 0. The number of allylic oxidation sites excluding steroid dienone is 4. The third-order valence-corrected chi connectivity index (χ3v) is 3.17. The van der Waals surface area contributed by atoms with Crippen LogP contribution < -0.4 is 5.11 Å². The van der Waals surface area contributed by atoms with Crippen LogP contribution in [0.15, 0.2) is 22.7 Å². The van der Waals surface area contributed by atoms with Gasteiger partial charge in [0.1, 0.15) is 0 Å². The number of aliphatic carboxylic acids is 1. The Kier molecular flexibility index (Phi) is 10.2. The van der Waals surface area contributed by atoms with Crippen LogP contribution in [0.2, 0.25) is 11.6 Å². The monoisotopic (exact) mass is 264 g/mol. The fourth-order valence-corrected chi connectivity index (χ4v) is 1.83. The molecule has 1 rings (SSSR count). The van der Waals surface area contributed by atoms with Gasteiger partial charge in [0.2, 0.25) is 0 Å². The molecule has 2 nitrogen and oxygen atoms in total. The molecule has 1 aliphatic carbocycles. The second-order valence-electron chi connectivity index (χ2n) is 2.49. The molecular formula is C9H14Mn2O2. The predicted octanol–water partition coefficient (Wildman–Crippen LogP) is 1.30. The van der Waals surface area contributed by atoms with E-state index in [2.05, 4.69) is 29.9 Å². The molecule has 0 saturated heterocycles. The number of carboxylic acid groups (broad SMARTS) is 1. The minimum absolute atomic E-state index is 0. The molecule has 0 bridgehead atoms. The van der Waals surface area contributed by atoms with Crippen molar-refractivity contribution in [1.82, 2.24) is 0 Å². The maximum Gasteiger partial charge on any atom is 2.00 e. The molecule has 1 aliphatic rings. The van der Waals surface area contributed by atoms with Crippen molar-refractivity contribution in [3.05, 3.63) is 22.7 Å². The van der Waals surface area contributed by atoms with Gasteiger partial charge in [0.25, 0.3) is 0 Å². The van der Waals surface area contributed by atoms with Gasteiger partial charge in [-0.15, -0.1) is 0 Å². The summed E-state index contributed by atoms with van der Waals surface area (Å²) >= 11 is -0.133. The summed E-state index contributed by atoms with van der Waals surface area (Å²) in [6, 6.07) is 0. The smallest absolute Gasteiger partial charge is 2.00 e. The van der Waals surface area contributed by atoms with E-state index >= 15 is 0 Å². The second-order valence-corrected chi connectivity index (χ2v) is 5.61. The Hall–Kier alpha value is -0.0110. The fraction of sp³-hybridized carbons (Fsp3) is 0.444. The molecule has 0 heterocycles. The molecule has 0 saturated carbocycles. The molecule has 4 heteroatoms. The number of hydrogen-bond donors (Lipinski definition) is 0. The van der Waals surface area contributed by atoms with Crippen LogP contribution in [0.3, 0.4) is 0 Å². The van der Waals surface area contributed by atoms with Crippen LogP contribution in [0, 0.1) is 0 Å². The van der Waals surface area contributed by atoms with E-state index < -0.39 is 5.97 Å². The van der Waals surface area contributed by atoms with Crippen LogP contribution in [0.1, 0.15) is 13.3 Å². The van der Waals surface area contributed by atoms with Gasteiger partial charge in [0.15, 0.2) is 0 Å². The number of hydrogen-bond acceptors (Lipinski definition) is 2. The average Bonchev–Trinajstić information content (AvgIpc) is 2.34. The molecule has 0 aromatic carbocycles. The van der Waals surface area contributed by atoms with E-state index in [9.17, 15) is 0 Å². The van der Waals surface area contributed by atoms with Crippen LogP contribution in [0.25, 0.3) is 0 Å². The molecule has 0 amide bonds. The number of carboxylic acids is 1. The van der Waals surface area contributed by atoms with Gasteiger partial charge in [-0.3, -0.25) is 0 Å². The molecule has 0 spiro atoms. The first-order valence-electron chi connectivity index (χ1n) is 3.57. The van der Waals surface area contributed by atoms with E-state index in [1.165, 1.54) is 6.42 Å². The van der Waals surface area contributed by atoms with Gasteiger partial charge in [0, 0.05) is 5.97 Å². The van der Waals surface area contributed by atoms with Crippen molar-refractivity contribution in [2.24, 2.45) is 0 Å². The molecule has 0 atom stereocenters. The molecule has 0 fully saturated rings. The Morgan fingerprint density at radius 3 is 2.15 bits per heavy atom. The topological polar surface area (TPSA) is 40.1 Å². The van der Waals surface area contributed by atoms with Gasteiger partial charge >= 0.3 is 71.7 Å². The zero-order chi connectivity index (χ0) is 9.56. The molecule has 0 aromatic heterocycles. The number of carbonyl (C=O) groups is 1. The molecule has 0 aliphatic heterocycles. The van der Waals surface area contributed by atoms with Crippen molar-refractivity contribution in [3.8, 4) is 0 Å². The quantitative estimate of drug-likeness (QED) is 0.670. The van der Waals surface area contributed by atoms with E-state index in [1.54, 1.807) is 4.47 Å². The van der Waals surface area contributed by atoms with Crippen LogP contribution >= 0.6 is 0 Å². The maximum absolute atomic E-state index is 8.89. The summed E-state index contributed by atoms with van der Waals surface area (Å²) in [5, 5.41) is 8.89. The van der Waals surface area contributed by atoms with Gasteiger partial charge in [-0.2, -0.15) is 0 Å². The Morgan fingerprint density at radius 2 is 2.00 bits per heavy atom. The normalized spacial score (nSPS) is 13.5. The van der Waals surface area contributed by atoms with Crippen molar-refractivity contribution in [2.75, 3.05) is 0 Å².